The van der Waals surface area contributed by atoms with Gasteiger partial charge in [0.2, 0.25) is 15.9 Å². The molecule has 1 atom stereocenters. The van der Waals surface area contributed by atoms with E-state index < -0.39 is 10.0 Å². The fourth-order valence-electron chi connectivity index (χ4n) is 3.61. The first kappa shape index (κ1) is 21.7. The second-order valence-electron chi connectivity index (χ2n) is 6.76. The summed E-state index contributed by atoms with van der Waals surface area (Å²) in [5.74, 6) is 0.370. The van der Waals surface area contributed by atoms with Crippen LogP contribution in [0.4, 0.5) is 0 Å². The van der Waals surface area contributed by atoms with E-state index in [0.29, 0.717) is 38.9 Å². The number of sulfonamides is 1. The van der Waals surface area contributed by atoms with Gasteiger partial charge < -0.3 is 10.6 Å². The summed E-state index contributed by atoms with van der Waals surface area (Å²) in [6.45, 7) is 4.27. The van der Waals surface area contributed by atoms with Crippen molar-refractivity contribution >= 4 is 28.3 Å². The molecule has 6 nitrogen and oxygen atoms in total. The number of carbonyl (C=O) groups excluding carboxylic acids is 1. The molecule has 0 spiro atoms. The van der Waals surface area contributed by atoms with Crippen LogP contribution in [0.15, 0.2) is 0 Å². The van der Waals surface area contributed by atoms with Gasteiger partial charge in [0.25, 0.3) is 0 Å². The third-order valence-electron chi connectivity index (χ3n) is 5.13. The van der Waals surface area contributed by atoms with E-state index in [9.17, 15) is 13.2 Å². The summed E-state index contributed by atoms with van der Waals surface area (Å²) in [6, 6.07) is 0.169. The molecule has 2 heterocycles. The van der Waals surface area contributed by atoms with Crippen LogP contribution in [-0.4, -0.2) is 61.5 Å². The highest BCUT2D eigenvalue weighted by Crippen LogP contribution is 2.25. The first-order chi connectivity index (χ1) is 11.0. The van der Waals surface area contributed by atoms with Crippen LogP contribution in [-0.2, 0) is 14.8 Å². The molecule has 8 heteroatoms. The molecule has 0 aliphatic carbocycles. The molecule has 2 N–H and O–H groups in total. The topological polar surface area (TPSA) is 83.7 Å². The Bertz CT molecular complexity index is 493. The van der Waals surface area contributed by atoms with E-state index in [-0.39, 0.29) is 36.0 Å². The summed E-state index contributed by atoms with van der Waals surface area (Å²) >= 11 is 0. The molecule has 1 amide bonds. The summed E-state index contributed by atoms with van der Waals surface area (Å²) in [5.41, 5.74) is 5.81. The lowest BCUT2D eigenvalue weighted by molar-refractivity contribution is -0.140. The quantitative estimate of drug-likeness (QED) is 0.757. The van der Waals surface area contributed by atoms with Gasteiger partial charge in [-0.2, -0.15) is 0 Å². The van der Waals surface area contributed by atoms with Crippen LogP contribution in [0.1, 0.15) is 51.9 Å². The standard InChI is InChI=1S/C16H31N3O3S.ClH/c1-2-3-12-23(21,22)18-10-7-14(8-11-18)16(20)19-9-5-4-6-15(19)13-17;/h14-15H,2-13,17H2,1H3;1H. The Kier molecular flexibility index (Phi) is 8.98. The van der Waals surface area contributed by atoms with E-state index in [1.165, 1.54) is 0 Å². The molecule has 2 saturated heterocycles. The van der Waals surface area contributed by atoms with Crippen molar-refractivity contribution in [2.24, 2.45) is 11.7 Å². The van der Waals surface area contributed by atoms with Crippen molar-refractivity contribution in [3.05, 3.63) is 0 Å². The molecule has 2 rings (SSSR count). The highest BCUT2D eigenvalue weighted by Gasteiger charge is 2.35. The number of rotatable bonds is 6. The van der Waals surface area contributed by atoms with Gasteiger partial charge in [0.15, 0.2) is 0 Å². The van der Waals surface area contributed by atoms with E-state index >= 15 is 0 Å². The second kappa shape index (κ2) is 9.94. The number of amides is 1. The summed E-state index contributed by atoms with van der Waals surface area (Å²) < 4.78 is 26.0. The summed E-state index contributed by atoms with van der Waals surface area (Å²) in [4.78, 5) is 14.7. The number of halogens is 1. The van der Waals surface area contributed by atoms with Crippen molar-refractivity contribution in [1.29, 1.82) is 0 Å². The monoisotopic (exact) mass is 381 g/mol. The van der Waals surface area contributed by atoms with Gasteiger partial charge in [-0.15, -0.1) is 12.4 Å². The molecule has 1 unspecified atom stereocenters. The molecule has 2 fully saturated rings. The second-order valence-corrected chi connectivity index (χ2v) is 8.85. The minimum Gasteiger partial charge on any atom is -0.338 e. The Balaban J connectivity index is 0.00000288. The van der Waals surface area contributed by atoms with Gasteiger partial charge in [-0.05, 0) is 38.5 Å². The number of nitrogens with two attached hydrogens (primary N) is 1. The molecule has 24 heavy (non-hydrogen) atoms. The number of nitrogens with zero attached hydrogens (tertiary/aromatic N) is 2. The molecule has 0 aromatic carbocycles. The zero-order valence-corrected chi connectivity index (χ0v) is 16.3. The zero-order chi connectivity index (χ0) is 16.9. The van der Waals surface area contributed by atoms with Crippen LogP contribution >= 0.6 is 12.4 Å². The van der Waals surface area contributed by atoms with Gasteiger partial charge in [-0.3, -0.25) is 4.79 Å². The first-order valence-corrected chi connectivity index (χ1v) is 10.6. The van der Waals surface area contributed by atoms with Gasteiger partial charge in [0.05, 0.1) is 5.75 Å². The number of piperidine rings is 2. The minimum absolute atomic E-state index is 0. The van der Waals surface area contributed by atoms with Crippen LogP contribution in [0.25, 0.3) is 0 Å². The van der Waals surface area contributed by atoms with E-state index in [0.717, 1.165) is 32.2 Å². The average molecular weight is 382 g/mol. The van der Waals surface area contributed by atoms with Gasteiger partial charge in [0, 0.05) is 38.1 Å². The van der Waals surface area contributed by atoms with Crippen LogP contribution in [0, 0.1) is 5.92 Å². The predicted octanol–water partition coefficient (Wildman–Crippen LogP) is 1.59. The normalized spacial score (nSPS) is 23.8. The van der Waals surface area contributed by atoms with E-state index in [1.807, 2.05) is 11.8 Å². The van der Waals surface area contributed by atoms with Gasteiger partial charge in [0.1, 0.15) is 0 Å². The molecule has 0 radical (unpaired) electrons. The molecule has 0 bridgehead atoms. The lowest BCUT2D eigenvalue weighted by atomic mass is 9.93. The van der Waals surface area contributed by atoms with Crippen LogP contribution < -0.4 is 5.73 Å². The number of carbonyl (C=O) groups is 1. The average Bonchev–Trinajstić information content (AvgIpc) is 2.59. The summed E-state index contributed by atoms with van der Waals surface area (Å²) in [7, 11) is -3.15. The predicted molar refractivity (Wildman–Crippen MR) is 98.6 cm³/mol. The van der Waals surface area contributed by atoms with Gasteiger partial charge in [-0.25, -0.2) is 12.7 Å². The number of hydrogen-bond donors (Lipinski definition) is 1. The Morgan fingerprint density at radius 1 is 1.12 bits per heavy atom. The number of hydrogen-bond acceptors (Lipinski definition) is 4. The van der Waals surface area contributed by atoms with Crippen LogP contribution in [0.2, 0.25) is 0 Å². The van der Waals surface area contributed by atoms with Crippen molar-refractivity contribution in [2.45, 2.75) is 57.9 Å². The van der Waals surface area contributed by atoms with Crippen molar-refractivity contribution < 1.29 is 13.2 Å². The molecular formula is C16H32ClN3O3S. The molecule has 0 aromatic heterocycles. The van der Waals surface area contributed by atoms with Crippen molar-refractivity contribution in [2.75, 3.05) is 31.9 Å². The molecule has 2 aliphatic rings. The maximum atomic E-state index is 12.8. The van der Waals surface area contributed by atoms with E-state index in [1.54, 1.807) is 4.31 Å². The van der Waals surface area contributed by atoms with Crippen molar-refractivity contribution in [3.63, 3.8) is 0 Å². The third kappa shape index (κ3) is 5.31. The fourth-order valence-corrected chi connectivity index (χ4v) is 5.29. The highest BCUT2D eigenvalue weighted by atomic mass is 35.5. The Morgan fingerprint density at radius 3 is 2.38 bits per heavy atom. The smallest absolute Gasteiger partial charge is 0.226 e. The van der Waals surface area contributed by atoms with Crippen LogP contribution in [0.3, 0.4) is 0 Å². The van der Waals surface area contributed by atoms with E-state index in [4.69, 9.17) is 5.73 Å². The van der Waals surface area contributed by atoms with Gasteiger partial charge in [-0.1, -0.05) is 13.3 Å². The van der Waals surface area contributed by atoms with Crippen LogP contribution in [0.5, 0.6) is 0 Å². The third-order valence-corrected chi connectivity index (χ3v) is 7.09. The zero-order valence-electron chi connectivity index (χ0n) is 14.7. The van der Waals surface area contributed by atoms with Crippen molar-refractivity contribution in [1.82, 2.24) is 9.21 Å². The molecular weight excluding hydrogens is 350 g/mol. The molecule has 142 valence electrons. The maximum Gasteiger partial charge on any atom is 0.226 e. The van der Waals surface area contributed by atoms with E-state index in [2.05, 4.69) is 0 Å². The lowest BCUT2D eigenvalue weighted by Gasteiger charge is -2.39. The number of unbranched alkanes of at least 4 members (excludes halogenated alkanes) is 1. The summed E-state index contributed by atoms with van der Waals surface area (Å²) in [6.07, 6.45) is 6.03. The minimum atomic E-state index is -3.15. The SMILES string of the molecule is CCCCS(=O)(=O)N1CCC(C(=O)N2CCCCC2CN)CC1.Cl. The summed E-state index contributed by atoms with van der Waals surface area (Å²) in [5, 5.41) is 0. The fraction of sp³-hybridized carbons (Fsp3) is 0.938. The highest BCUT2D eigenvalue weighted by molar-refractivity contribution is 7.89. The lowest BCUT2D eigenvalue weighted by Crippen LogP contribution is -2.51. The Hall–Kier alpha value is -0.370. The maximum absolute atomic E-state index is 12.8. The largest absolute Gasteiger partial charge is 0.338 e. The Morgan fingerprint density at radius 2 is 1.79 bits per heavy atom. The number of likely N-dealkylation sites (tertiary alicyclic amines) is 1. The molecule has 0 saturated carbocycles. The van der Waals surface area contributed by atoms with Gasteiger partial charge >= 0.3 is 0 Å². The Labute approximate surface area is 152 Å². The molecule has 2 aliphatic heterocycles. The molecule has 0 aromatic rings. The van der Waals surface area contributed by atoms with Crippen molar-refractivity contribution in [3.8, 4) is 0 Å². The first-order valence-electron chi connectivity index (χ1n) is 8.98.